The molecule has 0 aromatic heterocycles. The molecule has 0 bridgehead atoms. The number of hydrogen-bond acceptors (Lipinski definition) is 1. The first-order valence-corrected chi connectivity index (χ1v) is 10.8. The van der Waals surface area contributed by atoms with Gasteiger partial charge in [-0.2, -0.15) is 0 Å². The number of rotatable bonds is 11. The summed E-state index contributed by atoms with van der Waals surface area (Å²) in [5.41, 5.74) is 0. The molecule has 0 saturated carbocycles. The number of unbranched alkanes of at least 4 members (excludes halogenated alkanes) is 6. The second kappa shape index (κ2) is 10.1. The molecule has 0 fully saturated rings. The Morgan fingerprint density at radius 3 is 1.94 bits per heavy atom. The van der Waals surface area contributed by atoms with Crippen molar-refractivity contribution in [2.45, 2.75) is 97.4 Å². The van der Waals surface area contributed by atoms with Gasteiger partial charge in [-0.1, -0.05) is 58.8 Å². The Morgan fingerprint density at radius 2 is 1.41 bits per heavy atom. The first kappa shape index (κ1) is 17.2. The molecule has 0 amide bonds. The van der Waals surface area contributed by atoms with Crippen LogP contribution in [0.5, 0.6) is 0 Å². The lowest BCUT2D eigenvalue weighted by Gasteiger charge is -2.26. The van der Waals surface area contributed by atoms with E-state index < -0.39 is 8.32 Å². The minimum Gasteiger partial charge on any atom is -0.415 e. The SMILES string of the molecule is CCCCCCCCCC(C)O[Si](C)(C)CC. The summed E-state index contributed by atoms with van der Waals surface area (Å²) < 4.78 is 6.17. The highest BCUT2D eigenvalue weighted by Crippen LogP contribution is 2.17. The molecule has 1 nitrogen and oxygen atoms in total. The van der Waals surface area contributed by atoms with Gasteiger partial charge < -0.3 is 4.43 Å². The van der Waals surface area contributed by atoms with Gasteiger partial charge in [-0.3, -0.25) is 0 Å². The van der Waals surface area contributed by atoms with Crippen molar-refractivity contribution in [2.75, 3.05) is 0 Å². The summed E-state index contributed by atoms with van der Waals surface area (Å²) >= 11 is 0. The van der Waals surface area contributed by atoms with Crippen LogP contribution in [0.15, 0.2) is 0 Å². The third kappa shape index (κ3) is 11.0. The van der Waals surface area contributed by atoms with Gasteiger partial charge in [-0.05, 0) is 32.5 Å². The highest BCUT2D eigenvalue weighted by molar-refractivity contribution is 6.71. The third-order valence-electron chi connectivity index (χ3n) is 3.59. The zero-order valence-electron chi connectivity index (χ0n) is 12.8. The maximum atomic E-state index is 6.17. The molecular formula is C15H34OSi. The van der Waals surface area contributed by atoms with Gasteiger partial charge in [0.1, 0.15) is 0 Å². The van der Waals surface area contributed by atoms with E-state index in [2.05, 4.69) is 33.9 Å². The molecule has 0 heterocycles. The van der Waals surface area contributed by atoms with E-state index in [9.17, 15) is 0 Å². The van der Waals surface area contributed by atoms with E-state index >= 15 is 0 Å². The molecular weight excluding hydrogens is 224 g/mol. The molecule has 2 heteroatoms. The molecule has 0 N–H and O–H groups in total. The quantitative estimate of drug-likeness (QED) is 0.338. The Labute approximate surface area is 110 Å². The van der Waals surface area contributed by atoms with Gasteiger partial charge in [0.25, 0.3) is 0 Å². The molecule has 0 rings (SSSR count). The summed E-state index contributed by atoms with van der Waals surface area (Å²) in [5.74, 6) is 0. The van der Waals surface area contributed by atoms with Gasteiger partial charge >= 0.3 is 0 Å². The second-order valence-electron chi connectivity index (χ2n) is 5.95. The van der Waals surface area contributed by atoms with Crippen molar-refractivity contribution in [3.63, 3.8) is 0 Å². The van der Waals surface area contributed by atoms with Gasteiger partial charge in [-0.15, -0.1) is 0 Å². The summed E-state index contributed by atoms with van der Waals surface area (Å²) in [6.45, 7) is 11.4. The molecule has 0 aromatic carbocycles. The molecule has 0 aliphatic rings. The normalized spacial score (nSPS) is 13.9. The van der Waals surface area contributed by atoms with Crippen molar-refractivity contribution < 1.29 is 4.43 Å². The van der Waals surface area contributed by atoms with Crippen molar-refractivity contribution in [3.8, 4) is 0 Å². The van der Waals surface area contributed by atoms with Crippen molar-refractivity contribution in [1.29, 1.82) is 0 Å². The molecule has 17 heavy (non-hydrogen) atoms. The lowest BCUT2D eigenvalue weighted by molar-refractivity contribution is 0.196. The second-order valence-corrected chi connectivity index (χ2v) is 10.4. The van der Waals surface area contributed by atoms with Crippen LogP contribution in [0.2, 0.25) is 19.1 Å². The van der Waals surface area contributed by atoms with Crippen LogP contribution in [-0.4, -0.2) is 14.4 Å². The van der Waals surface area contributed by atoms with Crippen molar-refractivity contribution in [1.82, 2.24) is 0 Å². The largest absolute Gasteiger partial charge is 0.415 e. The highest BCUT2D eigenvalue weighted by Gasteiger charge is 2.21. The van der Waals surface area contributed by atoms with Crippen molar-refractivity contribution in [2.24, 2.45) is 0 Å². The van der Waals surface area contributed by atoms with Crippen LogP contribution in [0.4, 0.5) is 0 Å². The Hall–Kier alpha value is 0.177. The summed E-state index contributed by atoms with van der Waals surface area (Å²) in [6, 6.07) is 1.23. The van der Waals surface area contributed by atoms with Crippen molar-refractivity contribution in [3.05, 3.63) is 0 Å². The van der Waals surface area contributed by atoms with E-state index in [0.29, 0.717) is 6.10 Å². The van der Waals surface area contributed by atoms with Crippen LogP contribution in [-0.2, 0) is 4.43 Å². The smallest absolute Gasteiger partial charge is 0.186 e. The van der Waals surface area contributed by atoms with Gasteiger partial charge in [0.2, 0.25) is 0 Å². The zero-order chi connectivity index (χ0) is 13.1. The van der Waals surface area contributed by atoms with Crippen LogP contribution < -0.4 is 0 Å². The highest BCUT2D eigenvalue weighted by atomic mass is 28.4. The van der Waals surface area contributed by atoms with Gasteiger partial charge in [-0.25, -0.2) is 0 Å². The molecule has 0 aromatic rings. The summed E-state index contributed by atoms with van der Waals surface area (Å²) in [7, 11) is -1.33. The fourth-order valence-electron chi connectivity index (χ4n) is 2.08. The maximum absolute atomic E-state index is 6.17. The monoisotopic (exact) mass is 258 g/mol. The Bertz CT molecular complexity index is 168. The summed E-state index contributed by atoms with van der Waals surface area (Å²) in [4.78, 5) is 0. The predicted molar refractivity (Wildman–Crippen MR) is 81.1 cm³/mol. The van der Waals surface area contributed by atoms with E-state index in [1.54, 1.807) is 0 Å². The molecule has 0 saturated heterocycles. The van der Waals surface area contributed by atoms with Gasteiger partial charge in [0, 0.05) is 6.10 Å². The minimum absolute atomic E-state index is 0.479. The topological polar surface area (TPSA) is 9.23 Å². The fraction of sp³-hybridized carbons (Fsp3) is 1.00. The Morgan fingerprint density at radius 1 is 0.882 bits per heavy atom. The molecule has 1 unspecified atom stereocenters. The standard InChI is InChI=1S/C15H34OSi/c1-6-8-9-10-11-12-13-14-15(3)16-17(4,5)7-2/h15H,6-14H2,1-5H3. The van der Waals surface area contributed by atoms with Crippen LogP contribution in [0, 0.1) is 0 Å². The number of hydrogen-bond donors (Lipinski definition) is 0. The lowest BCUT2D eigenvalue weighted by Crippen LogP contribution is -2.33. The maximum Gasteiger partial charge on any atom is 0.186 e. The summed E-state index contributed by atoms with van der Waals surface area (Å²) in [6.07, 6.45) is 11.5. The van der Waals surface area contributed by atoms with Gasteiger partial charge in [0.05, 0.1) is 0 Å². The van der Waals surface area contributed by atoms with E-state index in [1.807, 2.05) is 0 Å². The lowest BCUT2D eigenvalue weighted by atomic mass is 10.1. The van der Waals surface area contributed by atoms with Crippen LogP contribution in [0.3, 0.4) is 0 Å². The molecule has 0 spiro atoms. The molecule has 0 radical (unpaired) electrons. The average molecular weight is 259 g/mol. The predicted octanol–water partition coefficient (Wildman–Crippen LogP) is 5.76. The van der Waals surface area contributed by atoms with E-state index in [4.69, 9.17) is 4.43 Å². The third-order valence-corrected chi connectivity index (χ3v) is 6.33. The van der Waals surface area contributed by atoms with E-state index in [0.717, 1.165) is 0 Å². The first-order valence-electron chi connectivity index (χ1n) is 7.69. The van der Waals surface area contributed by atoms with E-state index in [-0.39, 0.29) is 0 Å². The molecule has 0 aliphatic carbocycles. The molecule has 104 valence electrons. The Balaban J connectivity index is 3.36. The fourth-order valence-corrected chi connectivity index (χ4v) is 3.45. The Kier molecular flexibility index (Phi) is 10.2. The minimum atomic E-state index is -1.33. The van der Waals surface area contributed by atoms with Crippen LogP contribution in [0.25, 0.3) is 0 Å². The van der Waals surface area contributed by atoms with Crippen LogP contribution >= 0.6 is 0 Å². The van der Waals surface area contributed by atoms with Gasteiger partial charge in [0.15, 0.2) is 8.32 Å². The molecule has 1 atom stereocenters. The zero-order valence-corrected chi connectivity index (χ0v) is 13.8. The molecule has 0 aliphatic heterocycles. The van der Waals surface area contributed by atoms with Crippen molar-refractivity contribution >= 4 is 8.32 Å². The summed E-state index contributed by atoms with van der Waals surface area (Å²) in [5, 5.41) is 0. The first-order chi connectivity index (χ1) is 8.02. The average Bonchev–Trinajstić information content (AvgIpc) is 2.27. The van der Waals surface area contributed by atoms with E-state index in [1.165, 1.54) is 57.4 Å². The van der Waals surface area contributed by atoms with Crippen LogP contribution in [0.1, 0.15) is 72.1 Å².